The lowest BCUT2D eigenvalue weighted by Crippen LogP contribution is -2.55. The van der Waals surface area contributed by atoms with E-state index in [9.17, 15) is 44.1 Å². The van der Waals surface area contributed by atoms with Gasteiger partial charge in [-0.2, -0.15) is 0 Å². The molecule has 0 spiro atoms. The van der Waals surface area contributed by atoms with Gasteiger partial charge in [-0.3, -0.25) is 0 Å². The second kappa shape index (κ2) is 24.0. The average Bonchev–Trinajstić information content (AvgIpc) is 3.04. The molecule has 1 aromatic rings. The van der Waals surface area contributed by atoms with Gasteiger partial charge in [0.25, 0.3) is 0 Å². The minimum absolute atomic E-state index is 0.240. The summed E-state index contributed by atoms with van der Waals surface area (Å²) in [5.74, 6) is -1.95. The van der Waals surface area contributed by atoms with E-state index in [2.05, 4.69) is 0 Å². The summed E-state index contributed by atoms with van der Waals surface area (Å²) in [4.78, 5) is 73.6. The van der Waals surface area contributed by atoms with Gasteiger partial charge < -0.3 is 43.7 Å². The Morgan fingerprint density at radius 2 is 0.771 bits per heavy atom. The minimum Gasteiger partial charge on any atom is -0.460 e. The highest BCUT2D eigenvalue weighted by Gasteiger charge is 2.17. The van der Waals surface area contributed by atoms with Crippen LogP contribution in [0.3, 0.4) is 0 Å². The van der Waals surface area contributed by atoms with Crippen molar-refractivity contribution in [2.45, 2.75) is 58.7 Å². The van der Waals surface area contributed by atoms with Crippen LogP contribution in [0.25, 0.3) is 0 Å². The van der Waals surface area contributed by atoms with Crippen molar-refractivity contribution in [1.82, 2.24) is 13.7 Å². The van der Waals surface area contributed by atoms with Crippen molar-refractivity contribution < 1.29 is 58.1 Å². The van der Waals surface area contributed by atoms with Crippen LogP contribution in [0, 0.1) is 0 Å². The summed E-state index contributed by atoms with van der Waals surface area (Å²) in [6, 6.07) is 0. The normalized spacial score (nSPS) is 13.6. The number of aliphatic hydroxyl groups is 3. The molecule has 0 aliphatic carbocycles. The van der Waals surface area contributed by atoms with Gasteiger partial charge >= 0.3 is 35.0 Å². The van der Waals surface area contributed by atoms with Gasteiger partial charge in [0.2, 0.25) is 0 Å². The second-order valence-corrected chi connectivity index (χ2v) is 9.88. The van der Waals surface area contributed by atoms with E-state index in [1.807, 2.05) is 0 Å². The first-order valence-corrected chi connectivity index (χ1v) is 15.0. The topological polar surface area (TPSA) is 233 Å². The molecule has 18 heteroatoms. The first-order chi connectivity index (χ1) is 22.9. The number of nitrogens with zero attached hydrogens (tertiary/aromatic N) is 3. The summed E-state index contributed by atoms with van der Waals surface area (Å²) in [7, 11) is 0. The van der Waals surface area contributed by atoms with Gasteiger partial charge in [-0.05, 0) is 20.8 Å². The van der Waals surface area contributed by atoms with Gasteiger partial charge in [0.05, 0.1) is 59.3 Å². The Kier molecular flexibility index (Phi) is 20.9. The summed E-state index contributed by atoms with van der Waals surface area (Å²) in [5, 5.41) is 29.9. The number of rotatable bonds is 24. The molecule has 0 saturated heterocycles. The molecule has 0 amide bonds. The summed E-state index contributed by atoms with van der Waals surface area (Å²) in [6.45, 7) is 1.28. The summed E-state index contributed by atoms with van der Waals surface area (Å²) >= 11 is 0. The van der Waals surface area contributed by atoms with E-state index in [-0.39, 0.29) is 79.1 Å². The maximum atomic E-state index is 13.2. The maximum absolute atomic E-state index is 13.2. The van der Waals surface area contributed by atoms with Crippen LogP contribution in [0.5, 0.6) is 0 Å². The van der Waals surface area contributed by atoms with Crippen LogP contribution in [-0.4, -0.2) is 125 Å². The molecule has 0 aliphatic rings. The lowest BCUT2D eigenvalue weighted by molar-refractivity contribution is -0.142. The first kappa shape index (κ1) is 41.8. The van der Waals surface area contributed by atoms with E-state index >= 15 is 0 Å². The molecule has 0 saturated carbocycles. The largest absolute Gasteiger partial charge is 0.460 e. The van der Waals surface area contributed by atoms with Crippen LogP contribution in [0.4, 0.5) is 0 Å². The Morgan fingerprint density at radius 1 is 0.521 bits per heavy atom. The molecule has 0 aromatic carbocycles. The molecule has 3 atom stereocenters. The minimum atomic E-state index is -1.18. The number of aromatic nitrogens is 3. The van der Waals surface area contributed by atoms with Crippen molar-refractivity contribution in [2.75, 3.05) is 59.5 Å². The van der Waals surface area contributed by atoms with E-state index in [1.54, 1.807) is 20.8 Å². The molecule has 18 nitrogen and oxygen atoms in total. The van der Waals surface area contributed by atoms with Crippen LogP contribution in [0.2, 0.25) is 0 Å². The predicted octanol–water partition coefficient (Wildman–Crippen LogP) is -2.34. The monoisotopic (exact) mass is 687 g/mol. The van der Waals surface area contributed by atoms with Crippen molar-refractivity contribution >= 4 is 17.9 Å². The highest BCUT2D eigenvalue weighted by Crippen LogP contribution is 1.94. The van der Waals surface area contributed by atoms with Crippen LogP contribution in [0.15, 0.2) is 50.8 Å². The van der Waals surface area contributed by atoms with Gasteiger partial charge in [0, 0.05) is 18.2 Å². The molecule has 1 heterocycles. The molecule has 0 fully saturated rings. The van der Waals surface area contributed by atoms with Gasteiger partial charge in [0.15, 0.2) is 0 Å². The fourth-order valence-electron chi connectivity index (χ4n) is 3.61. The zero-order chi connectivity index (χ0) is 35.9. The summed E-state index contributed by atoms with van der Waals surface area (Å²) in [6.07, 6.45) is 4.39. The quantitative estimate of drug-likeness (QED) is 0.0447. The van der Waals surface area contributed by atoms with Crippen LogP contribution in [-0.2, 0) is 62.4 Å². The molecule has 270 valence electrons. The van der Waals surface area contributed by atoms with Gasteiger partial charge in [-0.1, -0.05) is 18.2 Å². The third kappa shape index (κ3) is 16.6. The number of hydrogen-bond donors (Lipinski definition) is 3. The highest BCUT2D eigenvalue weighted by molar-refractivity contribution is 5.82. The smallest absolute Gasteiger partial charge is 0.336 e. The molecule has 3 unspecified atom stereocenters. The molecule has 0 radical (unpaired) electrons. The average molecular weight is 688 g/mol. The fourth-order valence-corrected chi connectivity index (χ4v) is 3.61. The number of allylic oxidation sites excluding steroid dienone is 3. The predicted molar refractivity (Wildman–Crippen MR) is 167 cm³/mol. The lowest BCUT2D eigenvalue weighted by atomic mass is 10.4. The Morgan fingerprint density at radius 3 is 1.00 bits per heavy atom. The molecule has 1 aromatic heterocycles. The summed E-state index contributed by atoms with van der Waals surface area (Å²) in [5.41, 5.74) is -2.93. The Hall–Kier alpha value is -4.20. The number of aliphatic hydroxyl groups excluding tert-OH is 3. The zero-order valence-electron chi connectivity index (χ0n) is 27.3. The number of esters is 3. The van der Waals surface area contributed by atoms with E-state index in [0.29, 0.717) is 0 Å². The van der Waals surface area contributed by atoms with E-state index in [4.69, 9.17) is 28.4 Å². The van der Waals surface area contributed by atoms with Gasteiger partial charge in [0.1, 0.15) is 38.1 Å². The Bertz CT molecular complexity index is 1210. The van der Waals surface area contributed by atoms with Crippen molar-refractivity contribution in [1.29, 1.82) is 0 Å². The van der Waals surface area contributed by atoms with Crippen molar-refractivity contribution in [2.24, 2.45) is 0 Å². The summed E-state index contributed by atoms with van der Waals surface area (Å²) < 4.78 is 32.7. The van der Waals surface area contributed by atoms with Crippen molar-refractivity contribution in [3.63, 3.8) is 0 Å². The maximum Gasteiger partial charge on any atom is 0.336 e. The standard InChI is InChI=1S/C30H45N3O15/c1-4-7-25(37)46-19-22(34)16-43-13-10-31-28(40)32(11-14-44-17-23(35)20-47-26(38)8-5-2)30(42)33(29(31)41)12-15-45-18-24(36)21-48-27(39)9-6-3/h4-9,22-24,34-36H,10-21H2,1-3H3. The number of carbonyl (C=O) groups is 3. The van der Waals surface area contributed by atoms with Crippen molar-refractivity contribution in [3.05, 3.63) is 67.9 Å². The third-order valence-electron chi connectivity index (χ3n) is 5.86. The molecule has 1 rings (SSSR count). The molecular formula is C30H45N3O15. The number of carbonyl (C=O) groups excluding carboxylic acids is 3. The van der Waals surface area contributed by atoms with E-state index in [1.165, 1.54) is 36.5 Å². The SMILES string of the molecule is CC=CC(=O)OCC(O)COCCn1c(=O)n(CCOCC(O)COC(=O)C=CC)c(=O)n(CCOCC(O)COC(=O)C=CC)c1=O. The van der Waals surface area contributed by atoms with Crippen LogP contribution in [0.1, 0.15) is 20.8 Å². The Labute approximate surface area is 276 Å². The van der Waals surface area contributed by atoms with Crippen LogP contribution >= 0.6 is 0 Å². The fraction of sp³-hybridized carbons (Fsp3) is 0.600. The van der Waals surface area contributed by atoms with Crippen LogP contribution < -0.4 is 17.1 Å². The third-order valence-corrected chi connectivity index (χ3v) is 5.86. The highest BCUT2D eigenvalue weighted by atomic mass is 16.6. The first-order valence-electron chi connectivity index (χ1n) is 15.0. The molecule has 0 bridgehead atoms. The zero-order valence-corrected chi connectivity index (χ0v) is 27.3. The number of hydrogen-bond acceptors (Lipinski definition) is 15. The number of ether oxygens (including phenoxy) is 6. The van der Waals surface area contributed by atoms with E-state index < -0.39 is 53.3 Å². The van der Waals surface area contributed by atoms with Crippen molar-refractivity contribution in [3.8, 4) is 0 Å². The molecule has 3 N–H and O–H groups in total. The van der Waals surface area contributed by atoms with Gasteiger partial charge in [-0.25, -0.2) is 42.5 Å². The molecule has 48 heavy (non-hydrogen) atoms. The molecular weight excluding hydrogens is 642 g/mol. The second-order valence-electron chi connectivity index (χ2n) is 9.88. The van der Waals surface area contributed by atoms with E-state index in [0.717, 1.165) is 13.7 Å². The van der Waals surface area contributed by atoms with Gasteiger partial charge in [-0.15, -0.1) is 0 Å². The Balaban J connectivity index is 2.93. The molecule has 0 aliphatic heterocycles. The lowest BCUT2D eigenvalue weighted by Gasteiger charge is -2.16.